The lowest BCUT2D eigenvalue weighted by molar-refractivity contribution is 0.240. The zero-order valence-electron chi connectivity index (χ0n) is 13.6. The van der Waals surface area contributed by atoms with Crippen LogP contribution < -0.4 is 15.5 Å². The molecule has 0 aliphatic rings. The van der Waals surface area contributed by atoms with Gasteiger partial charge in [0.25, 0.3) is 0 Å². The zero-order chi connectivity index (χ0) is 17.5. The maximum absolute atomic E-state index is 13.9. The Morgan fingerprint density at radius 2 is 1.79 bits per heavy atom. The Morgan fingerprint density at radius 1 is 1.12 bits per heavy atom. The van der Waals surface area contributed by atoms with Crippen LogP contribution in [0.1, 0.15) is 16.7 Å². The molecule has 0 unspecified atom stereocenters. The maximum Gasteiger partial charge on any atom is 0.315 e. The molecule has 0 radical (unpaired) electrons. The van der Waals surface area contributed by atoms with Crippen molar-refractivity contribution >= 4 is 11.7 Å². The molecule has 0 saturated heterocycles. The second-order valence-corrected chi connectivity index (χ2v) is 5.53. The van der Waals surface area contributed by atoms with Crippen LogP contribution >= 0.6 is 0 Å². The molecule has 0 spiro atoms. The lowest BCUT2D eigenvalue weighted by Crippen LogP contribution is -2.34. The Morgan fingerprint density at radius 3 is 2.38 bits per heavy atom. The summed E-state index contributed by atoms with van der Waals surface area (Å²) in [5.74, 6) is -0.326. The summed E-state index contributed by atoms with van der Waals surface area (Å²) in [4.78, 5) is 13.5. The van der Waals surface area contributed by atoms with Gasteiger partial charge in [-0.1, -0.05) is 18.2 Å². The van der Waals surface area contributed by atoms with E-state index >= 15 is 0 Å². The van der Waals surface area contributed by atoms with E-state index in [1.54, 1.807) is 49.3 Å². The Labute approximate surface area is 140 Å². The molecule has 2 rings (SSSR count). The number of carbonyl (C=O) groups excluding carboxylic acids is 1. The fourth-order valence-electron chi connectivity index (χ4n) is 2.20. The van der Waals surface area contributed by atoms with Crippen molar-refractivity contribution in [2.24, 2.45) is 0 Å². The van der Waals surface area contributed by atoms with Crippen molar-refractivity contribution in [2.75, 3.05) is 19.0 Å². The summed E-state index contributed by atoms with van der Waals surface area (Å²) >= 11 is 0. The summed E-state index contributed by atoms with van der Waals surface area (Å²) in [6.07, 6.45) is 0. The summed E-state index contributed by atoms with van der Waals surface area (Å²) in [6, 6.07) is 13.6. The molecule has 0 heterocycles. The topological polar surface area (TPSA) is 68.2 Å². The first kappa shape index (κ1) is 17.3. The molecule has 0 aliphatic heterocycles. The van der Waals surface area contributed by atoms with Crippen LogP contribution in [-0.4, -0.2) is 20.1 Å². The second-order valence-electron chi connectivity index (χ2n) is 5.53. The molecule has 0 saturated carbocycles. The van der Waals surface area contributed by atoms with E-state index in [-0.39, 0.29) is 18.4 Å². The minimum atomic E-state index is -0.352. The Balaban J connectivity index is 1.85. The molecule has 2 N–H and O–H groups in total. The van der Waals surface area contributed by atoms with Crippen molar-refractivity contribution in [3.8, 4) is 6.07 Å². The number of rotatable bonds is 5. The van der Waals surface area contributed by atoms with Crippen LogP contribution in [0.2, 0.25) is 0 Å². The smallest absolute Gasteiger partial charge is 0.315 e. The first-order valence-electron chi connectivity index (χ1n) is 7.46. The van der Waals surface area contributed by atoms with Gasteiger partial charge in [-0.3, -0.25) is 0 Å². The molecule has 5 nitrogen and oxygen atoms in total. The fraction of sp³-hybridized carbons (Fsp3) is 0.222. The summed E-state index contributed by atoms with van der Waals surface area (Å²) < 4.78 is 13.9. The summed E-state index contributed by atoms with van der Waals surface area (Å²) in [6.45, 7) is 0.546. The van der Waals surface area contributed by atoms with Crippen molar-refractivity contribution < 1.29 is 9.18 Å². The van der Waals surface area contributed by atoms with Gasteiger partial charge in [-0.15, -0.1) is 0 Å². The van der Waals surface area contributed by atoms with E-state index in [9.17, 15) is 9.18 Å². The first-order valence-corrected chi connectivity index (χ1v) is 7.46. The van der Waals surface area contributed by atoms with Crippen molar-refractivity contribution in [1.29, 1.82) is 5.26 Å². The highest BCUT2D eigenvalue weighted by Gasteiger charge is 2.06. The molecule has 2 aromatic rings. The quantitative estimate of drug-likeness (QED) is 0.888. The number of amides is 2. The predicted octanol–water partition coefficient (Wildman–Crippen LogP) is 2.76. The fourth-order valence-corrected chi connectivity index (χ4v) is 2.20. The lowest BCUT2D eigenvalue weighted by Gasteiger charge is -2.14. The molecule has 2 aromatic carbocycles. The Bertz CT molecular complexity index is 768. The molecule has 0 atom stereocenters. The lowest BCUT2D eigenvalue weighted by atomic mass is 10.1. The van der Waals surface area contributed by atoms with Crippen LogP contribution in [-0.2, 0) is 13.1 Å². The molecule has 0 fully saturated rings. The van der Waals surface area contributed by atoms with E-state index in [0.29, 0.717) is 23.4 Å². The average Bonchev–Trinajstić information content (AvgIpc) is 2.58. The van der Waals surface area contributed by atoms with E-state index in [2.05, 4.69) is 16.7 Å². The van der Waals surface area contributed by atoms with Crippen LogP contribution in [0.4, 0.5) is 14.9 Å². The van der Waals surface area contributed by atoms with Gasteiger partial charge in [-0.05, 0) is 35.4 Å². The maximum atomic E-state index is 13.9. The van der Waals surface area contributed by atoms with Crippen molar-refractivity contribution in [3.05, 3.63) is 65.0 Å². The molecular formula is C18H19FN4O. The van der Waals surface area contributed by atoms with E-state index in [4.69, 9.17) is 5.26 Å². The van der Waals surface area contributed by atoms with Gasteiger partial charge in [0.15, 0.2) is 0 Å². The molecule has 0 aliphatic carbocycles. The van der Waals surface area contributed by atoms with Gasteiger partial charge >= 0.3 is 6.03 Å². The number of nitrogens with zero attached hydrogens (tertiary/aromatic N) is 2. The number of halogens is 1. The van der Waals surface area contributed by atoms with Crippen LogP contribution in [0.25, 0.3) is 0 Å². The SMILES string of the molecule is CN(C)c1ccc(CNC(=O)NCc2cccc(C#N)c2)cc1F. The largest absolute Gasteiger partial charge is 0.375 e. The van der Waals surface area contributed by atoms with Crippen LogP contribution in [0.15, 0.2) is 42.5 Å². The highest BCUT2D eigenvalue weighted by Crippen LogP contribution is 2.18. The minimum Gasteiger partial charge on any atom is -0.375 e. The van der Waals surface area contributed by atoms with E-state index < -0.39 is 0 Å². The average molecular weight is 326 g/mol. The molecule has 0 aromatic heterocycles. The molecule has 124 valence electrons. The minimum absolute atomic E-state index is 0.231. The zero-order valence-corrected chi connectivity index (χ0v) is 13.6. The van der Waals surface area contributed by atoms with Crippen LogP contribution in [0, 0.1) is 17.1 Å². The van der Waals surface area contributed by atoms with Crippen molar-refractivity contribution in [3.63, 3.8) is 0 Å². The van der Waals surface area contributed by atoms with Gasteiger partial charge in [0.1, 0.15) is 5.82 Å². The highest BCUT2D eigenvalue weighted by atomic mass is 19.1. The van der Waals surface area contributed by atoms with Crippen LogP contribution in [0.5, 0.6) is 0 Å². The van der Waals surface area contributed by atoms with E-state index in [0.717, 1.165) is 5.56 Å². The number of hydrogen-bond acceptors (Lipinski definition) is 3. The number of carbonyl (C=O) groups is 1. The van der Waals surface area contributed by atoms with Gasteiger partial charge in [-0.2, -0.15) is 5.26 Å². The van der Waals surface area contributed by atoms with Crippen molar-refractivity contribution in [2.45, 2.75) is 13.1 Å². The Hall–Kier alpha value is -3.07. The highest BCUT2D eigenvalue weighted by molar-refractivity contribution is 5.73. The predicted molar refractivity (Wildman–Crippen MR) is 91.0 cm³/mol. The summed E-state index contributed by atoms with van der Waals surface area (Å²) in [7, 11) is 3.54. The third kappa shape index (κ3) is 4.71. The number of urea groups is 1. The third-order valence-corrected chi connectivity index (χ3v) is 3.46. The Kier molecular flexibility index (Phi) is 5.74. The van der Waals surface area contributed by atoms with E-state index in [1.807, 2.05) is 6.07 Å². The van der Waals surface area contributed by atoms with Gasteiger partial charge in [0.05, 0.1) is 17.3 Å². The van der Waals surface area contributed by atoms with Gasteiger partial charge < -0.3 is 15.5 Å². The normalized spacial score (nSPS) is 9.92. The van der Waals surface area contributed by atoms with Gasteiger partial charge in [0, 0.05) is 27.2 Å². The number of benzene rings is 2. The standard InChI is InChI=1S/C18H19FN4O/c1-23(2)17-7-6-15(9-16(17)19)12-22-18(24)21-11-14-5-3-4-13(8-14)10-20/h3-9H,11-12H2,1-2H3,(H2,21,22,24). The number of nitriles is 1. The number of hydrogen-bond donors (Lipinski definition) is 2. The summed E-state index contributed by atoms with van der Waals surface area (Å²) in [5.41, 5.74) is 2.57. The molecule has 0 bridgehead atoms. The third-order valence-electron chi connectivity index (χ3n) is 3.46. The van der Waals surface area contributed by atoms with Crippen molar-refractivity contribution in [1.82, 2.24) is 10.6 Å². The van der Waals surface area contributed by atoms with Gasteiger partial charge in [0.2, 0.25) is 0 Å². The molecular weight excluding hydrogens is 307 g/mol. The van der Waals surface area contributed by atoms with Gasteiger partial charge in [-0.25, -0.2) is 9.18 Å². The number of anilines is 1. The molecule has 2 amide bonds. The number of nitrogens with one attached hydrogen (secondary N) is 2. The molecule has 24 heavy (non-hydrogen) atoms. The monoisotopic (exact) mass is 326 g/mol. The second kappa shape index (κ2) is 7.97. The summed E-state index contributed by atoms with van der Waals surface area (Å²) in [5, 5.41) is 14.2. The molecule has 6 heteroatoms. The first-order chi connectivity index (χ1) is 11.5. The van der Waals surface area contributed by atoms with E-state index in [1.165, 1.54) is 6.07 Å². The van der Waals surface area contributed by atoms with Crippen LogP contribution in [0.3, 0.4) is 0 Å².